The predicted octanol–water partition coefficient (Wildman–Crippen LogP) is 8.20. The standard InChI is InChI=1S/C30H26N2S/c1-19-3-7-21(8-4-19)23-11-15-25(16-12-23)29-27(31)28(32)30(33-29)26-17-13-24(14-18-26)22-9-5-20(2)6-10-22/h3-18H,31-32H2,1-2H3. The van der Waals surface area contributed by atoms with Crippen molar-refractivity contribution in [3.05, 3.63) is 108 Å². The summed E-state index contributed by atoms with van der Waals surface area (Å²) in [6, 6.07) is 34.2. The fourth-order valence-electron chi connectivity index (χ4n) is 4.01. The van der Waals surface area contributed by atoms with Gasteiger partial charge in [0.25, 0.3) is 0 Å². The number of anilines is 2. The summed E-state index contributed by atoms with van der Waals surface area (Å²) < 4.78 is 0. The number of aryl methyl sites for hydroxylation is 2. The maximum atomic E-state index is 6.46. The molecule has 0 spiro atoms. The molecule has 0 bridgehead atoms. The van der Waals surface area contributed by atoms with Gasteiger partial charge in [0.2, 0.25) is 0 Å². The lowest BCUT2D eigenvalue weighted by atomic mass is 10.0. The van der Waals surface area contributed by atoms with Gasteiger partial charge in [-0.3, -0.25) is 0 Å². The third-order valence-corrected chi connectivity index (χ3v) is 7.37. The van der Waals surface area contributed by atoms with Crippen LogP contribution in [0, 0.1) is 13.8 Å². The lowest BCUT2D eigenvalue weighted by molar-refractivity contribution is 1.47. The Hall–Kier alpha value is -3.82. The number of thiophene rings is 1. The van der Waals surface area contributed by atoms with E-state index < -0.39 is 0 Å². The minimum atomic E-state index is 0.653. The summed E-state index contributed by atoms with van der Waals surface area (Å²) in [4.78, 5) is 2.03. The Bertz CT molecular complexity index is 1280. The van der Waals surface area contributed by atoms with Crippen molar-refractivity contribution < 1.29 is 0 Å². The van der Waals surface area contributed by atoms with Crippen LogP contribution in [0.2, 0.25) is 0 Å². The van der Waals surface area contributed by atoms with Crippen LogP contribution in [0.3, 0.4) is 0 Å². The van der Waals surface area contributed by atoms with Crippen LogP contribution in [0.1, 0.15) is 11.1 Å². The lowest BCUT2D eigenvalue weighted by Crippen LogP contribution is -1.93. The average molecular weight is 447 g/mol. The molecule has 1 aromatic heterocycles. The molecule has 33 heavy (non-hydrogen) atoms. The third-order valence-electron chi connectivity index (χ3n) is 6.05. The predicted molar refractivity (Wildman–Crippen MR) is 144 cm³/mol. The van der Waals surface area contributed by atoms with Gasteiger partial charge in [-0.05, 0) is 47.2 Å². The molecule has 0 saturated heterocycles. The van der Waals surface area contributed by atoms with Gasteiger partial charge < -0.3 is 11.5 Å². The van der Waals surface area contributed by atoms with Gasteiger partial charge in [0.15, 0.2) is 0 Å². The van der Waals surface area contributed by atoms with Crippen molar-refractivity contribution >= 4 is 22.7 Å². The van der Waals surface area contributed by atoms with E-state index in [1.165, 1.54) is 33.4 Å². The molecule has 0 amide bonds. The smallest absolute Gasteiger partial charge is 0.0744 e. The van der Waals surface area contributed by atoms with Crippen LogP contribution >= 0.6 is 11.3 Å². The second-order valence-corrected chi connectivity index (χ2v) is 9.50. The third kappa shape index (κ3) is 4.15. The van der Waals surface area contributed by atoms with Crippen LogP contribution in [0.15, 0.2) is 97.1 Å². The second-order valence-electron chi connectivity index (χ2n) is 8.47. The topological polar surface area (TPSA) is 52.0 Å². The van der Waals surface area contributed by atoms with Crippen LogP contribution in [0.4, 0.5) is 11.4 Å². The molecule has 5 rings (SSSR count). The van der Waals surface area contributed by atoms with Gasteiger partial charge in [-0.25, -0.2) is 0 Å². The summed E-state index contributed by atoms with van der Waals surface area (Å²) >= 11 is 1.65. The molecule has 4 aromatic carbocycles. The van der Waals surface area contributed by atoms with Crippen LogP contribution < -0.4 is 11.5 Å². The highest BCUT2D eigenvalue weighted by atomic mass is 32.1. The Morgan fingerprint density at radius 3 is 0.939 bits per heavy atom. The van der Waals surface area contributed by atoms with Gasteiger partial charge in [0.1, 0.15) is 0 Å². The quantitative estimate of drug-likeness (QED) is 0.292. The fourth-order valence-corrected chi connectivity index (χ4v) is 5.16. The van der Waals surface area contributed by atoms with Crippen molar-refractivity contribution in [3.63, 3.8) is 0 Å². The van der Waals surface area contributed by atoms with Crippen molar-refractivity contribution in [1.82, 2.24) is 0 Å². The minimum Gasteiger partial charge on any atom is -0.396 e. The van der Waals surface area contributed by atoms with Crippen molar-refractivity contribution in [2.75, 3.05) is 11.5 Å². The van der Waals surface area contributed by atoms with Crippen LogP contribution in [-0.2, 0) is 0 Å². The van der Waals surface area contributed by atoms with Crippen LogP contribution in [0.25, 0.3) is 43.1 Å². The molecule has 5 aromatic rings. The molecule has 0 radical (unpaired) electrons. The van der Waals surface area contributed by atoms with Crippen molar-refractivity contribution in [1.29, 1.82) is 0 Å². The van der Waals surface area contributed by atoms with Gasteiger partial charge in [-0.1, -0.05) is 108 Å². The Labute approximate surface area is 199 Å². The molecule has 0 atom stereocenters. The molecule has 0 aliphatic rings. The van der Waals surface area contributed by atoms with Crippen molar-refractivity contribution in [2.24, 2.45) is 0 Å². The first-order valence-corrected chi connectivity index (χ1v) is 11.8. The maximum Gasteiger partial charge on any atom is 0.0744 e. The zero-order chi connectivity index (χ0) is 22.9. The molecular weight excluding hydrogens is 420 g/mol. The molecule has 0 saturated carbocycles. The first-order chi connectivity index (χ1) is 16.0. The second kappa shape index (κ2) is 8.61. The average Bonchev–Trinajstić information content (AvgIpc) is 3.15. The van der Waals surface area contributed by atoms with Crippen LogP contribution in [-0.4, -0.2) is 0 Å². The molecule has 0 aliphatic heterocycles. The highest BCUT2D eigenvalue weighted by Crippen LogP contribution is 2.46. The zero-order valence-electron chi connectivity index (χ0n) is 18.8. The lowest BCUT2D eigenvalue weighted by Gasteiger charge is -2.05. The summed E-state index contributed by atoms with van der Waals surface area (Å²) in [6.45, 7) is 4.20. The molecule has 162 valence electrons. The van der Waals surface area contributed by atoms with Gasteiger partial charge >= 0.3 is 0 Å². The molecule has 0 aliphatic carbocycles. The monoisotopic (exact) mass is 446 g/mol. The number of nitrogen functional groups attached to an aromatic ring is 2. The number of rotatable bonds is 4. The molecule has 4 N–H and O–H groups in total. The number of hydrogen-bond donors (Lipinski definition) is 2. The van der Waals surface area contributed by atoms with E-state index in [0.717, 1.165) is 20.9 Å². The SMILES string of the molecule is Cc1ccc(-c2ccc(-c3sc(-c4ccc(-c5ccc(C)cc5)cc4)c(N)c3N)cc2)cc1. The highest BCUT2D eigenvalue weighted by molar-refractivity contribution is 7.20. The molecular formula is C30H26N2S. The Morgan fingerprint density at radius 1 is 0.394 bits per heavy atom. The van der Waals surface area contributed by atoms with Gasteiger partial charge in [0.05, 0.1) is 21.1 Å². The summed E-state index contributed by atoms with van der Waals surface area (Å²) in [5, 5.41) is 0. The molecule has 0 unspecified atom stereocenters. The number of benzene rings is 4. The number of nitrogens with two attached hydrogens (primary N) is 2. The maximum absolute atomic E-state index is 6.46. The van der Waals surface area contributed by atoms with E-state index in [-0.39, 0.29) is 0 Å². The van der Waals surface area contributed by atoms with E-state index in [0.29, 0.717) is 11.4 Å². The highest BCUT2D eigenvalue weighted by Gasteiger charge is 2.16. The zero-order valence-corrected chi connectivity index (χ0v) is 19.6. The van der Waals surface area contributed by atoms with Crippen LogP contribution in [0.5, 0.6) is 0 Å². The molecule has 1 heterocycles. The Morgan fingerprint density at radius 2 is 0.636 bits per heavy atom. The van der Waals surface area contributed by atoms with Crippen molar-refractivity contribution in [2.45, 2.75) is 13.8 Å². The van der Waals surface area contributed by atoms with Gasteiger partial charge in [0, 0.05) is 0 Å². The molecule has 3 heteroatoms. The first kappa shape index (κ1) is 21.0. The molecule has 2 nitrogen and oxygen atoms in total. The fraction of sp³-hybridized carbons (Fsp3) is 0.0667. The summed E-state index contributed by atoms with van der Waals surface area (Å²) in [5.74, 6) is 0. The van der Waals surface area contributed by atoms with Crippen molar-refractivity contribution in [3.8, 4) is 43.1 Å². The summed E-state index contributed by atoms with van der Waals surface area (Å²) in [6.07, 6.45) is 0. The normalized spacial score (nSPS) is 11.0. The Kier molecular flexibility index (Phi) is 5.49. The Balaban J connectivity index is 1.44. The van der Waals surface area contributed by atoms with E-state index in [1.54, 1.807) is 11.3 Å². The first-order valence-electron chi connectivity index (χ1n) is 11.0. The largest absolute Gasteiger partial charge is 0.396 e. The van der Waals surface area contributed by atoms with Gasteiger partial charge in [-0.2, -0.15) is 0 Å². The minimum absolute atomic E-state index is 0.653. The molecule has 0 fully saturated rings. The van der Waals surface area contributed by atoms with E-state index in [4.69, 9.17) is 11.5 Å². The summed E-state index contributed by atoms with van der Waals surface area (Å²) in [5.41, 5.74) is 23.7. The van der Waals surface area contributed by atoms with E-state index >= 15 is 0 Å². The van der Waals surface area contributed by atoms with E-state index in [2.05, 4.69) is 111 Å². The summed E-state index contributed by atoms with van der Waals surface area (Å²) in [7, 11) is 0. The number of hydrogen-bond acceptors (Lipinski definition) is 3. The van der Waals surface area contributed by atoms with Gasteiger partial charge in [-0.15, -0.1) is 11.3 Å². The van der Waals surface area contributed by atoms with E-state index in [9.17, 15) is 0 Å². The van der Waals surface area contributed by atoms with E-state index in [1.807, 2.05) is 0 Å².